The van der Waals surface area contributed by atoms with Crippen molar-refractivity contribution in [1.29, 1.82) is 0 Å². The highest BCUT2D eigenvalue weighted by Crippen LogP contribution is 2.34. The molecule has 0 fully saturated rings. The van der Waals surface area contributed by atoms with Crippen LogP contribution in [0.1, 0.15) is 29.3 Å². The van der Waals surface area contributed by atoms with Gasteiger partial charge in [0.05, 0.1) is 11.3 Å². The predicted octanol–water partition coefficient (Wildman–Crippen LogP) is 2.27. The van der Waals surface area contributed by atoms with Crippen molar-refractivity contribution in [3.8, 4) is 0 Å². The largest absolute Gasteiger partial charge is 0.304 e. The fourth-order valence-corrected chi connectivity index (χ4v) is 2.66. The number of ketones is 2. The molecule has 0 saturated heterocycles. The topological polar surface area (TPSA) is 54.5 Å². The molecule has 1 aliphatic rings. The van der Waals surface area contributed by atoms with Crippen molar-refractivity contribution in [3.63, 3.8) is 0 Å². The first-order valence-electron chi connectivity index (χ1n) is 5.57. The number of carbonyl (C=O) groups excluding carboxylic acids is 3. The second-order valence-corrected chi connectivity index (χ2v) is 5.27. The Morgan fingerprint density at radius 3 is 2.61 bits per heavy atom. The first kappa shape index (κ1) is 13.0. The number of fused-ring (bicyclic) bond motifs is 1. The Morgan fingerprint density at radius 2 is 2.00 bits per heavy atom. The third-order valence-corrected chi connectivity index (χ3v) is 3.36. The maximum absolute atomic E-state index is 11.9. The van der Waals surface area contributed by atoms with E-state index in [9.17, 15) is 14.4 Å². The van der Waals surface area contributed by atoms with E-state index in [0.717, 1.165) is 10.0 Å². The average Bonchev–Trinajstić information content (AvgIpc) is 2.51. The highest BCUT2D eigenvalue weighted by Gasteiger charge is 2.36. The van der Waals surface area contributed by atoms with E-state index in [1.54, 1.807) is 6.07 Å². The molecule has 0 spiro atoms. The summed E-state index contributed by atoms with van der Waals surface area (Å²) in [5, 5.41) is 0. The molecule has 1 aromatic carbocycles. The standard InChI is InChI=1S/C13H12BrNO3/c1-7-5-9(14)6-10-11(7)15(4-3-8(2)16)13(18)12(10)17/h5-6H,3-4H2,1-2H3. The Bertz CT molecular complexity index is 566. The van der Waals surface area contributed by atoms with E-state index >= 15 is 0 Å². The molecule has 1 heterocycles. The molecule has 1 aliphatic heterocycles. The number of halogens is 1. The minimum Gasteiger partial charge on any atom is -0.304 e. The third kappa shape index (κ3) is 2.10. The number of anilines is 1. The van der Waals surface area contributed by atoms with Gasteiger partial charge in [-0.1, -0.05) is 15.9 Å². The summed E-state index contributed by atoms with van der Waals surface area (Å²) >= 11 is 3.31. The quantitative estimate of drug-likeness (QED) is 0.805. The smallest absolute Gasteiger partial charge is 0.299 e. The van der Waals surface area contributed by atoms with Crippen molar-refractivity contribution in [3.05, 3.63) is 27.7 Å². The number of Topliss-reactive ketones (excluding diaryl/α,β-unsaturated/α-hetero) is 2. The molecule has 0 N–H and O–H groups in total. The van der Waals surface area contributed by atoms with E-state index < -0.39 is 11.7 Å². The summed E-state index contributed by atoms with van der Waals surface area (Å²) in [5.41, 5.74) is 1.90. The van der Waals surface area contributed by atoms with Crippen LogP contribution in [0, 0.1) is 6.92 Å². The van der Waals surface area contributed by atoms with Gasteiger partial charge in [0, 0.05) is 17.4 Å². The molecule has 94 valence electrons. The number of aryl methyl sites for hydroxylation is 1. The summed E-state index contributed by atoms with van der Waals surface area (Å²) in [6.45, 7) is 3.57. The Kier molecular flexibility index (Phi) is 3.34. The molecule has 1 aromatic rings. The van der Waals surface area contributed by atoms with Gasteiger partial charge in [-0.05, 0) is 31.5 Å². The maximum Gasteiger partial charge on any atom is 0.299 e. The van der Waals surface area contributed by atoms with Gasteiger partial charge in [0.1, 0.15) is 5.78 Å². The molecule has 18 heavy (non-hydrogen) atoms. The van der Waals surface area contributed by atoms with Gasteiger partial charge < -0.3 is 4.90 Å². The van der Waals surface area contributed by atoms with Crippen LogP contribution < -0.4 is 4.90 Å². The second kappa shape index (κ2) is 4.65. The molecule has 0 bridgehead atoms. The van der Waals surface area contributed by atoms with Gasteiger partial charge in [0.15, 0.2) is 0 Å². The molecule has 0 aliphatic carbocycles. The zero-order valence-electron chi connectivity index (χ0n) is 10.1. The predicted molar refractivity (Wildman–Crippen MR) is 70.9 cm³/mol. The highest BCUT2D eigenvalue weighted by molar-refractivity contribution is 9.10. The van der Waals surface area contributed by atoms with Crippen LogP contribution in [-0.2, 0) is 9.59 Å². The van der Waals surface area contributed by atoms with Gasteiger partial charge >= 0.3 is 0 Å². The number of nitrogens with zero attached hydrogens (tertiary/aromatic N) is 1. The molecule has 5 heteroatoms. The maximum atomic E-state index is 11.9. The highest BCUT2D eigenvalue weighted by atomic mass is 79.9. The van der Waals surface area contributed by atoms with Crippen molar-refractivity contribution < 1.29 is 14.4 Å². The zero-order valence-corrected chi connectivity index (χ0v) is 11.7. The molecule has 2 rings (SSSR count). The van der Waals surface area contributed by atoms with Crippen molar-refractivity contribution in [1.82, 2.24) is 0 Å². The van der Waals surface area contributed by atoms with Gasteiger partial charge in [-0.2, -0.15) is 0 Å². The van der Waals surface area contributed by atoms with E-state index in [4.69, 9.17) is 0 Å². The lowest BCUT2D eigenvalue weighted by Gasteiger charge is -2.17. The Morgan fingerprint density at radius 1 is 1.33 bits per heavy atom. The van der Waals surface area contributed by atoms with Crippen LogP contribution in [0.5, 0.6) is 0 Å². The number of benzene rings is 1. The van der Waals surface area contributed by atoms with Crippen molar-refractivity contribution in [2.45, 2.75) is 20.3 Å². The van der Waals surface area contributed by atoms with E-state index in [-0.39, 0.29) is 18.7 Å². The van der Waals surface area contributed by atoms with E-state index in [2.05, 4.69) is 15.9 Å². The Hall–Kier alpha value is -1.49. The molecule has 0 radical (unpaired) electrons. The summed E-state index contributed by atoms with van der Waals surface area (Å²) in [6.07, 6.45) is 0.258. The number of amides is 1. The van der Waals surface area contributed by atoms with Gasteiger partial charge in [-0.25, -0.2) is 0 Å². The normalized spacial score (nSPS) is 14.1. The lowest BCUT2D eigenvalue weighted by atomic mass is 10.1. The minimum absolute atomic E-state index is 0.00142. The SMILES string of the molecule is CC(=O)CCN1C(=O)C(=O)c2cc(Br)cc(C)c21. The molecule has 4 nitrogen and oxygen atoms in total. The average molecular weight is 310 g/mol. The molecule has 0 unspecified atom stereocenters. The van der Waals surface area contributed by atoms with E-state index in [0.29, 0.717) is 11.3 Å². The second-order valence-electron chi connectivity index (χ2n) is 4.36. The van der Waals surface area contributed by atoms with Gasteiger partial charge in [-0.15, -0.1) is 0 Å². The molecular formula is C13H12BrNO3. The Labute approximate surface area is 113 Å². The van der Waals surface area contributed by atoms with E-state index in [1.807, 2.05) is 13.0 Å². The molecule has 1 amide bonds. The number of rotatable bonds is 3. The lowest BCUT2D eigenvalue weighted by molar-refractivity contribution is -0.117. The number of carbonyl (C=O) groups is 3. The minimum atomic E-state index is -0.549. The Balaban J connectivity index is 2.45. The van der Waals surface area contributed by atoms with Crippen LogP contribution in [0.25, 0.3) is 0 Å². The van der Waals surface area contributed by atoms with Crippen LogP contribution in [0.3, 0.4) is 0 Å². The zero-order chi connectivity index (χ0) is 13.4. The fraction of sp³-hybridized carbons (Fsp3) is 0.308. The van der Waals surface area contributed by atoms with Gasteiger partial charge in [-0.3, -0.25) is 14.4 Å². The first-order chi connectivity index (χ1) is 8.41. The number of hydrogen-bond donors (Lipinski definition) is 0. The molecule has 0 atom stereocenters. The molecule has 0 aromatic heterocycles. The summed E-state index contributed by atoms with van der Waals surface area (Å²) < 4.78 is 0.772. The summed E-state index contributed by atoms with van der Waals surface area (Å²) in [6, 6.07) is 3.50. The van der Waals surface area contributed by atoms with Crippen LogP contribution in [0.15, 0.2) is 16.6 Å². The van der Waals surface area contributed by atoms with Gasteiger partial charge in [0.25, 0.3) is 11.7 Å². The van der Waals surface area contributed by atoms with Crippen molar-refractivity contribution >= 4 is 39.1 Å². The lowest BCUT2D eigenvalue weighted by Crippen LogP contribution is -2.31. The van der Waals surface area contributed by atoms with Crippen LogP contribution >= 0.6 is 15.9 Å². The van der Waals surface area contributed by atoms with Crippen LogP contribution in [0.4, 0.5) is 5.69 Å². The van der Waals surface area contributed by atoms with Crippen molar-refractivity contribution in [2.24, 2.45) is 0 Å². The van der Waals surface area contributed by atoms with Crippen molar-refractivity contribution in [2.75, 3.05) is 11.4 Å². The molecule has 0 saturated carbocycles. The number of hydrogen-bond acceptors (Lipinski definition) is 3. The summed E-state index contributed by atoms with van der Waals surface area (Å²) in [7, 11) is 0. The summed E-state index contributed by atoms with van der Waals surface area (Å²) in [4.78, 5) is 36.2. The fourth-order valence-electron chi connectivity index (χ4n) is 2.09. The van der Waals surface area contributed by atoms with Crippen LogP contribution in [0.2, 0.25) is 0 Å². The summed E-state index contributed by atoms with van der Waals surface area (Å²) in [5.74, 6) is -1.05. The van der Waals surface area contributed by atoms with Gasteiger partial charge in [0.2, 0.25) is 0 Å². The molecular weight excluding hydrogens is 298 g/mol. The monoisotopic (exact) mass is 309 g/mol. The third-order valence-electron chi connectivity index (χ3n) is 2.91. The van der Waals surface area contributed by atoms with E-state index in [1.165, 1.54) is 11.8 Å². The first-order valence-corrected chi connectivity index (χ1v) is 6.37. The van der Waals surface area contributed by atoms with Crippen LogP contribution in [-0.4, -0.2) is 24.0 Å².